The molecular weight excluding hydrogens is 258 g/mol. The first kappa shape index (κ1) is 14.0. The van der Waals surface area contributed by atoms with Crippen molar-refractivity contribution in [2.24, 2.45) is 0 Å². The van der Waals surface area contributed by atoms with Crippen molar-refractivity contribution in [3.8, 4) is 11.5 Å². The largest absolute Gasteiger partial charge is 0.496 e. The first-order valence-corrected chi connectivity index (χ1v) is 6.19. The highest BCUT2D eigenvalue weighted by atomic mass is 16.5. The summed E-state index contributed by atoms with van der Waals surface area (Å²) >= 11 is 0. The van der Waals surface area contributed by atoms with Gasteiger partial charge in [-0.2, -0.15) is 0 Å². The van der Waals surface area contributed by atoms with Crippen LogP contribution in [-0.2, 0) is 6.54 Å². The molecule has 5 nitrogen and oxygen atoms in total. The van der Waals surface area contributed by atoms with Crippen molar-refractivity contribution in [1.29, 1.82) is 0 Å². The number of rotatable bonds is 5. The lowest BCUT2D eigenvalue weighted by atomic mass is 10.1. The molecule has 0 aliphatic rings. The van der Waals surface area contributed by atoms with Crippen LogP contribution in [0.25, 0.3) is 0 Å². The van der Waals surface area contributed by atoms with E-state index in [-0.39, 0.29) is 5.91 Å². The summed E-state index contributed by atoms with van der Waals surface area (Å²) in [5, 5.41) is 2.83. The number of carbonyl (C=O) groups excluding carboxylic acids is 1. The molecule has 0 aliphatic heterocycles. The fourth-order valence-corrected chi connectivity index (χ4v) is 1.99. The Hall–Kier alpha value is -2.43. The minimum Gasteiger partial charge on any atom is -0.496 e. The van der Waals surface area contributed by atoms with E-state index in [1.807, 2.05) is 18.2 Å². The molecule has 1 aromatic heterocycles. The van der Waals surface area contributed by atoms with Crippen LogP contribution in [0.4, 0.5) is 0 Å². The number of hydrogen-bond acceptors (Lipinski definition) is 4. The first-order valence-electron chi connectivity index (χ1n) is 6.19. The van der Waals surface area contributed by atoms with Crippen molar-refractivity contribution in [3.63, 3.8) is 0 Å². The Labute approximate surface area is 117 Å². The fraction of sp³-hybridized carbons (Fsp3) is 0.267. The van der Waals surface area contributed by atoms with Crippen LogP contribution in [0.3, 0.4) is 0 Å². The number of carbonyl (C=O) groups is 1. The number of ether oxygens (including phenoxy) is 2. The zero-order valence-corrected chi connectivity index (χ0v) is 11.7. The number of furan rings is 1. The van der Waals surface area contributed by atoms with Gasteiger partial charge in [0, 0.05) is 0 Å². The van der Waals surface area contributed by atoms with Crippen molar-refractivity contribution in [2.75, 3.05) is 14.2 Å². The molecule has 0 saturated carbocycles. The highest BCUT2D eigenvalue weighted by Gasteiger charge is 2.14. The minimum absolute atomic E-state index is 0.191. The molecule has 1 heterocycles. The number of methoxy groups -OCH3 is 2. The molecule has 0 saturated heterocycles. The zero-order chi connectivity index (χ0) is 14.5. The SMILES string of the molecule is COc1cccc(OC)c1CNC(=O)c1ccoc1C. The molecule has 1 aromatic carbocycles. The van der Waals surface area contributed by atoms with E-state index >= 15 is 0 Å². The Bertz CT molecular complexity index is 581. The molecule has 2 rings (SSSR count). The van der Waals surface area contributed by atoms with E-state index in [0.717, 1.165) is 5.56 Å². The van der Waals surface area contributed by atoms with Gasteiger partial charge in [0.1, 0.15) is 17.3 Å². The Balaban J connectivity index is 2.15. The van der Waals surface area contributed by atoms with Gasteiger partial charge in [0.15, 0.2) is 0 Å². The molecule has 106 valence electrons. The van der Waals surface area contributed by atoms with Gasteiger partial charge in [-0.25, -0.2) is 0 Å². The van der Waals surface area contributed by atoms with Gasteiger partial charge in [0.2, 0.25) is 0 Å². The summed E-state index contributed by atoms with van der Waals surface area (Å²) in [7, 11) is 3.17. The van der Waals surface area contributed by atoms with Gasteiger partial charge in [-0.15, -0.1) is 0 Å². The van der Waals surface area contributed by atoms with Crippen LogP contribution in [0.2, 0.25) is 0 Å². The summed E-state index contributed by atoms with van der Waals surface area (Å²) < 4.78 is 15.7. The van der Waals surface area contributed by atoms with E-state index < -0.39 is 0 Å². The van der Waals surface area contributed by atoms with Gasteiger partial charge in [0.05, 0.1) is 38.2 Å². The zero-order valence-electron chi connectivity index (χ0n) is 11.7. The topological polar surface area (TPSA) is 60.7 Å². The summed E-state index contributed by atoms with van der Waals surface area (Å²) in [6, 6.07) is 7.13. The summed E-state index contributed by atoms with van der Waals surface area (Å²) in [6.07, 6.45) is 1.49. The third-order valence-corrected chi connectivity index (χ3v) is 3.06. The quantitative estimate of drug-likeness (QED) is 0.911. The standard InChI is InChI=1S/C15H17NO4/c1-10-11(7-8-20-10)15(17)16-9-12-13(18-2)5-4-6-14(12)19-3/h4-8H,9H2,1-3H3,(H,16,17). The lowest BCUT2D eigenvalue weighted by molar-refractivity contribution is 0.0949. The van der Waals surface area contributed by atoms with Crippen molar-refractivity contribution in [3.05, 3.63) is 47.4 Å². The number of nitrogens with one attached hydrogen (secondary N) is 1. The van der Waals surface area contributed by atoms with E-state index in [2.05, 4.69) is 5.32 Å². The van der Waals surface area contributed by atoms with Gasteiger partial charge in [-0.1, -0.05) is 6.07 Å². The first-order chi connectivity index (χ1) is 9.67. The van der Waals surface area contributed by atoms with E-state index in [1.165, 1.54) is 6.26 Å². The molecule has 1 N–H and O–H groups in total. The van der Waals surface area contributed by atoms with Crippen molar-refractivity contribution in [1.82, 2.24) is 5.32 Å². The molecule has 0 spiro atoms. The van der Waals surface area contributed by atoms with Crippen LogP contribution < -0.4 is 14.8 Å². The maximum Gasteiger partial charge on any atom is 0.255 e. The maximum absolute atomic E-state index is 12.0. The molecule has 5 heteroatoms. The minimum atomic E-state index is -0.191. The second-order valence-electron chi connectivity index (χ2n) is 4.21. The Kier molecular flexibility index (Phi) is 4.30. The molecule has 0 bridgehead atoms. The third kappa shape index (κ3) is 2.77. The lowest BCUT2D eigenvalue weighted by Gasteiger charge is -2.13. The van der Waals surface area contributed by atoms with Crippen LogP contribution >= 0.6 is 0 Å². The van der Waals surface area contributed by atoms with Gasteiger partial charge in [-0.3, -0.25) is 4.79 Å². The van der Waals surface area contributed by atoms with E-state index in [0.29, 0.717) is 29.4 Å². The number of benzene rings is 1. The molecule has 0 radical (unpaired) electrons. The van der Waals surface area contributed by atoms with Crippen molar-refractivity contribution >= 4 is 5.91 Å². The lowest BCUT2D eigenvalue weighted by Crippen LogP contribution is -2.23. The van der Waals surface area contributed by atoms with Crippen LogP contribution in [-0.4, -0.2) is 20.1 Å². The summed E-state index contributed by atoms with van der Waals surface area (Å²) in [5.41, 5.74) is 1.32. The monoisotopic (exact) mass is 275 g/mol. The summed E-state index contributed by atoms with van der Waals surface area (Å²) in [4.78, 5) is 12.0. The molecule has 20 heavy (non-hydrogen) atoms. The predicted molar refractivity (Wildman–Crippen MR) is 74.2 cm³/mol. The van der Waals surface area contributed by atoms with E-state index in [9.17, 15) is 4.79 Å². The van der Waals surface area contributed by atoms with Crippen LogP contribution in [0.5, 0.6) is 11.5 Å². The van der Waals surface area contributed by atoms with Crippen LogP contribution in [0, 0.1) is 6.92 Å². The normalized spacial score (nSPS) is 10.2. The number of hydrogen-bond donors (Lipinski definition) is 1. The average Bonchev–Trinajstić information content (AvgIpc) is 2.90. The van der Waals surface area contributed by atoms with Crippen molar-refractivity contribution in [2.45, 2.75) is 13.5 Å². The van der Waals surface area contributed by atoms with Gasteiger partial charge in [0.25, 0.3) is 5.91 Å². The summed E-state index contributed by atoms with van der Waals surface area (Å²) in [6.45, 7) is 2.06. The fourth-order valence-electron chi connectivity index (χ4n) is 1.99. The second-order valence-corrected chi connectivity index (χ2v) is 4.21. The highest BCUT2D eigenvalue weighted by Crippen LogP contribution is 2.28. The predicted octanol–water partition coefficient (Wildman–Crippen LogP) is 2.54. The molecule has 0 unspecified atom stereocenters. The highest BCUT2D eigenvalue weighted by molar-refractivity contribution is 5.95. The molecule has 1 amide bonds. The number of aryl methyl sites for hydroxylation is 1. The molecule has 2 aromatic rings. The van der Waals surface area contributed by atoms with E-state index in [4.69, 9.17) is 13.9 Å². The third-order valence-electron chi connectivity index (χ3n) is 3.06. The Morgan fingerprint density at radius 3 is 2.35 bits per heavy atom. The number of amides is 1. The molecule has 0 fully saturated rings. The summed E-state index contributed by atoms with van der Waals surface area (Å²) in [5.74, 6) is 1.75. The Morgan fingerprint density at radius 2 is 1.85 bits per heavy atom. The van der Waals surface area contributed by atoms with Gasteiger partial charge >= 0.3 is 0 Å². The second kappa shape index (κ2) is 6.14. The maximum atomic E-state index is 12.0. The average molecular weight is 275 g/mol. The molecular formula is C15H17NO4. The Morgan fingerprint density at radius 1 is 1.20 bits per heavy atom. The van der Waals surface area contributed by atoms with Crippen LogP contribution in [0.15, 0.2) is 34.9 Å². The molecule has 0 atom stereocenters. The van der Waals surface area contributed by atoms with Gasteiger partial charge < -0.3 is 19.2 Å². The molecule has 0 aliphatic carbocycles. The smallest absolute Gasteiger partial charge is 0.255 e. The van der Waals surface area contributed by atoms with Gasteiger partial charge in [-0.05, 0) is 25.1 Å². The van der Waals surface area contributed by atoms with Crippen LogP contribution in [0.1, 0.15) is 21.7 Å². The van der Waals surface area contributed by atoms with E-state index in [1.54, 1.807) is 27.2 Å². The van der Waals surface area contributed by atoms with Crippen molar-refractivity contribution < 1.29 is 18.7 Å².